The lowest BCUT2D eigenvalue weighted by Gasteiger charge is -2.31. The van der Waals surface area contributed by atoms with Crippen molar-refractivity contribution >= 4 is 15.9 Å². The Kier molecular flexibility index (Phi) is 6.38. The van der Waals surface area contributed by atoms with E-state index >= 15 is 0 Å². The third-order valence-corrected chi connectivity index (χ3v) is 7.92. The average Bonchev–Trinajstić information content (AvgIpc) is 3.32. The number of carbonyl (C=O) groups is 1. The molecule has 1 N–H and O–H groups in total. The van der Waals surface area contributed by atoms with Crippen LogP contribution in [0.2, 0.25) is 0 Å². The second-order valence-electron chi connectivity index (χ2n) is 8.17. The first kappa shape index (κ1) is 22.2. The van der Waals surface area contributed by atoms with Crippen LogP contribution in [-0.4, -0.2) is 46.5 Å². The van der Waals surface area contributed by atoms with Gasteiger partial charge in [-0.25, -0.2) is 18.1 Å². The number of aryl methyl sites for hydroxylation is 2. The van der Waals surface area contributed by atoms with Gasteiger partial charge in [-0.15, -0.1) is 0 Å². The van der Waals surface area contributed by atoms with Crippen LogP contribution in [0.1, 0.15) is 29.5 Å². The van der Waals surface area contributed by atoms with Gasteiger partial charge in [0.2, 0.25) is 15.9 Å². The molecule has 8 nitrogen and oxygen atoms in total. The second kappa shape index (κ2) is 9.22. The van der Waals surface area contributed by atoms with Crippen molar-refractivity contribution in [1.29, 1.82) is 0 Å². The highest BCUT2D eigenvalue weighted by atomic mass is 32.2. The molecule has 9 heteroatoms. The van der Waals surface area contributed by atoms with Crippen molar-refractivity contribution in [3.8, 4) is 5.69 Å². The Hall–Kier alpha value is -3.04. The zero-order valence-electron chi connectivity index (χ0n) is 18.2. The van der Waals surface area contributed by atoms with Crippen LogP contribution in [0.15, 0.2) is 60.0 Å². The van der Waals surface area contributed by atoms with E-state index in [1.807, 2.05) is 50.2 Å². The minimum absolute atomic E-state index is 0.0334. The summed E-state index contributed by atoms with van der Waals surface area (Å²) < 4.78 is 29.2. The molecule has 3 aromatic rings. The van der Waals surface area contributed by atoms with Gasteiger partial charge in [0, 0.05) is 25.6 Å². The molecule has 0 spiro atoms. The zero-order valence-corrected chi connectivity index (χ0v) is 19.0. The topological polar surface area (TPSA) is 97.2 Å². The fraction of sp³-hybridized carbons (Fsp3) is 0.348. The normalized spacial score (nSPS) is 15.6. The van der Waals surface area contributed by atoms with E-state index in [1.165, 1.54) is 10.6 Å². The van der Waals surface area contributed by atoms with Crippen molar-refractivity contribution in [2.24, 2.45) is 5.92 Å². The third kappa shape index (κ3) is 4.73. The molecule has 0 atom stereocenters. The molecule has 0 saturated carbocycles. The fourth-order valence-electron chi connectivity index (χ4n) is 4.03. The van der Waals surface area contributed by atoms with Gasteiger partial charge in [0.1, 0.15) is 12.7 Å². The first-order valence-electron chi connectivity index (χ1n) is 10.6. The Morgan fingerprint density at radius 1 is 1.09 bits per heavy atom. The van der Waals surface area contributed by atoms with Gasteiger partial charge >= 0.3 is 0 Å². The van der Waals surface area contributed by atoms with Crippen molar-refractivity contribution in [3.63, 3.8) is 0 Å². The Morgan fingerprint density at radius 2 is 1.81 bits per heavy atom. The molecule has 1 saturated heterocycles. The number of aromatic nitrogens is 3. The SMILES string of the molecule is Cc1ccc(S(=O)(=O)N2CCC(C(=O)NCc3ccc(-n4cncn4)cc3)CC2)c(C)c1. The molecule has 2 heterocycles. The fourth-order valence-corrected chi connectivity index (χ4v) is 5.70. The van der Waals surface area contributed by atoms with Crippen LogP contribution < -0.4 is 5.32 Å². The molecule has 168 valence electrons. The first-order valence-corrected chi connectivity index (χ1v) is 12.1. The summed E-state index contributed by atoms with van der Waals surface area (Å²) in [5.41, 5.74) is 3.66. The summed E-state index contributed by atoms with van der Waals surface area (Å²) >= 11 is 0. The van der Waals surface area contributed by atoms with Gasteiger partial charge in [0.15, 0.2) is 0 Å². The molecule has 0 bridgehead atoms. The van der Waals surface area contributed by atoms with Crippen LogP contribution in [0.25, 0.3) is 5.69 Å². The number of rotatable bonds is 6. The molecule has 0 aliphatic carbocycles. The summed E-state index contributed by atoms with van der Waals surface area (Å²) in [6.45, 7) is 4.88. The maximum Gasteiger partial charge on any atom is 0.243 e. The molecule has 1 aliphatic rings. The van der Waals surface area contributed by atoms with E-state index in [1.54, 1.807) is 17.1 Å². The number of nitrogens with zero attached hydrogens (tertiary/aromatic N) is 4. The van der Waals surface area contributed by atoms with E-state index < -0.39 is 10.0 Å². The van der Waals surface area contributed by atoms with E-state index in [9.17, 15) is 13.2 Å². The third-order valence-electron chi connectivity index (χ3n) is 5.86. The monoisotopic (exact) mass is 453 g/mol. The summed E-state index contributed by atoms with van der Waals surface area (Å²) in [5, 5.41) is 7.07. The van der Waals surface area contributed by atoms with Gasteiger partial charge in [0.05, 0.1) is 10.6 Å². The van der Waals surface area contributed by atoms with Gasteiger partial charge in [-0.1, -0.05) is 29.8 Å². The number of hydrogen-bond acceptors (Lipinski definition) is 5. The Balaban J connectivity index is 1.30. The van der Waals surface area contributed by atoms with Gasteiger partial charge in [-0.3, -0.25) is 4.79 Å². The molecular weight excluding hydrogens is 426 g/mol. The van der Waals surface area contributed by atoms with E-state index in [0.29, 0.717) is 37.4 Å². The van der Waals surface area contributed by atoms with Gasteiger partial charge in [-0.2, -0.15) is 9.40 Å². The molecule has 0 unspecified atom stereocenters. The Bertz CT molecular complexity index is 1180. The highest BCUT2D eigenvalue weighted by molar-refractivity contribution is 7.89. The molecule has 32 heavy (non-hydrogen) atoms. The maximum atomic E-state index is 13.0. The summed E-state index contributed by atoms with van der Waals surface area (Å²) in [5.74, 6) is -0.219. The minimum atomic E-state index is -3.55. The predicted octanol–water partition coefficient (Wildman–Crippen LogP) is 2.60. The van der Waals surface area contributed by atoms with Gasteiger partial charge in [-0.05, 0) is 56.0 Å². The first-order chi connectivity index (χ1) is 15.3. The van der Waals surface area contributed by atoms with Crippen molar-refractivity contribution in [2.75, 3.05) is 13.1 Å². The van der Waals surface area contributed by atoms with E-state index in [-0.39, 0.29) is 11.8 Å². The summed E-state index contributed by atoms with van der Waals surface area (Å²) in [7, 11) is -3.55. The van der Waals surface area contributed by atoms with Crippen molar-refractivity contribution in [2.45, 2.75) is 38.1 Å². The molecule has 1 aliphatic heterocycles. The average molecular weight is 454 g/mol. The van der Waals surface area contributed by atoms with Crippen LogP contribution in [0.5, 0.6) is 0 Å². The summed E-state index contributed by atoms with van der Waals surface area (Å²) in [6.07, 6.45) is 4.14. The van der Waals surface area contributed by atoms with Gasteiger partial charge < -0.3 is 5.32 Å². The lowest BCUT2D eigenvalue weighted by atomic mass is 9.97. The number of benzene rings is 2. The maximum absolute atomic E-state index is 13.0. The van der Waals surface area contributed by atoms with E-state index in [4.69, 9.17) is 0 Å². The highest BCUT2D eigenvalue weighted by Crippen LogP contribution is 2.26. The molecule has 1 aromatic heterocycles. The number of nitrogens with one attached hydrogen (secondary N) is 1. The van der Waals surface area contributed by atoms with E-state index in [2.05, 4.69) is 15.4 Å². The number of sulfonamides is 1. The van der Waals surface area contributed by atoms with Crippen molar-refractivity contribution in [1.82, 2.24) is 24.4 Å². The molecule has 4 rings (SSSR count). The minimum Gasteiger partial charge on any atom is -0.352 e. The smallest absolute Gasteiger partial charge is 0.243 e. The molecule has 0 radical (unpaired) electrons. The van der Waals surface area contributed by atoms with Crippen LogP contribution in [0, 0.1) is 19.8 Å². The lowest BCUT2D eigenvalue weighted by Crippen LogP contribution is -2.43. The molecule has 1 fully saturated rings. The largest absolute Gasteiger partial charge is 0.352 e. The second-order valence-corrected chi connectivity index (χ2v) is 10.1. The summed E-state index contributed by atoms with van der Waals surface area (Å²) in [4.78, 5) is 16.9. The lowest BCUT2D eigenvalue weighted by molar-refractivity contribution is -0.126. The Morgan fingerprint density at radius 3 is 2.44 bits per heavy atom. The predicted molar refractivity (Wildman–Crippen MR) is 121 cm³/mol. The van der Waals surface area contributed by atoms with Crippen molar-refractivity contribution < 1.29 is 13.2 Å². The summed E-state index contributed by atoms with van der Waals surface area (Å²) in [6, 6.07) is 13.1. The van der Waals surface area contributed by atoms with E-state index in [0.717, 1.165) is 22.4 Å². The molecule has 1 amide bonds. The standard InChI is InChI=1S/C23H27N5O3S/c1-17-3-8-22(18(2)13-17)32(30,31)27-11-9-20(10-12-27)23(29)25-14-19-4-6-21(7-5-19)28-16-24-15-26-28/h3-8,13,15-16,20H,9-12,14H2,1-2H3,(H,25,29). The number of amides is 1. The Labute approximate surface area is 188 Å². The van der Waals surface area contributed by atoms with Gasteiger partial charge in [0.25, 0.3) is 0 Å². The number of hydrogen-bond donors (Lipinski definition) is 1. The molecular formula is C23H27N5O3S. The van der Waals surface area contributed by atoms with Crippen LogP contribution in [-0.2, 0) is 21.4 Å². The van der Waals surface area contributed by atoms with Crippen molar-refractivity contribution in [3.05, 3.63) is 71.8 Å². The zero-order chi connectivity index (χ0) is 22.7. The molecule has 2 aromatic carbocycles. The highest BCUT2D eigenvalue weighted by Gasteiger charge is 2.32. The number of piperidine rings is 1. The van der Waals surface area contributed by atoms with Crippen LogP contribution >= 0.6 is 0 Å². The quantitative estimate of drug-likeness (QED) is 0.619. The van der Waals surface area contributed by atoms with Crippen LogP contribution in [0.3, 0.4) is 0 Å². The van der Waals surface area contributed by atoms with Crippen LogP contribution in [0.4, 0.5) is 0 Å². The number of carbonyl (C=O) groups excluding carboxylic acids is 1.